The number of imidazole rings is 1. The summed E-state index contributed by atoms with van der Waals surface area (Å²) in [5.41, 5.74) is 4.04. The maximum Gasteiger partial charge on any atom is 0.573 e. The number of benzene rings is 2. The van der Waals surface area contributed by atoms with Crippen LogP contribution in [0.2, 0.25) is 0 Å². The van der Waals surface area contributed by atoms with Gasteiger partial charge in [-0.1, -0.05) is 24.3 Å². The van der Waals surface area contributed by atoms with Crippen LogP contribution in [0.4, 0.5) is 18.0 Å². The van der Waals surface area contributed by atoms with Crippen LogP contribution in [-0.4, -0.2) is 56.8 Å². The molecule has 2 aromatic carbocycles. The predicted molar refractivity (Wildman–Crippen MR) is 134 cm³/mol. The molecule has 2 fully saturated rings. The Bertz CT molecular complexity index is 1380. The quantitative estimate of drug-likeness (QED) is 0.325. The van der Waals surface area contributed by atoms with E-state index in [1.54, 1.807) is 21.9 Å². The van der Waals surface area contributed by atoms with Crippen molar-refractivity contribution in [1.82, 2.24) is 24.8 Å². The average molecular weight is 544 g/mol. The van der Waals surface area contributed by atoms with E-state index in [1.165, 1.54) is 29.5 Å². The SMILES string of the molecule is O=C(Oc1cscn1)N(Cc1cccc(OC(F)(F)F)c1)CC1C2CN(Cc3nc4ccccc4[nH]3)CC21. The number of carbonyl (C=O) groups excluding carboxylic acids is 1. The highest BCUT2D eigenvalue weighted by Crippen LogP contribution is 2.52. The molecule has 38 heavy (non-hydrogen) atoms. The number of aromatic nitrogens is 3. The van der Waals surface area contributed by atoms with Crippen LogP contribution < -0.4 is 9.47 Å². The molecule has 1 saturated heterocycles. The number of nitrogens with one attached hydrogen (secondary N) is 1. The number of halogens is 3. The second-order valence-corrected chi connectivity index (χ2v) is 10.4. The first-order valence-electron chi connectivity index (χ1n) is 12.2. The number of hydrogen-bond acceptors (Lipinski definition) is 7. The van der Waals surface area contributed by atoms with Gasteiger partial charge in [0.1, 0.15) is 11.6 Å². The fourth-order valence-corrected chi connectivity index (χ4v) is 5.81. The molecule has 2 atom stereocenters. The summed E-state index contributed by atoms with van der Waals surface area (Å²) in [5.74, 6) is 1.97. The van der Waals surface area contributed by atoms with Crippen molar-refractivity contribution in [3.05, 3.63) is 70.8 Å². The number of aromatic amines is 1. The lowest BCUT2D eigenvalue weighted by Gasteiger charge is -2.24. The van der Waals surface area contributed by atoms with E-state index in [0.717, 1.165) is 36.5 Å². The first kappa shape index (κ1) is 24.7. The summed E-state index contributed by atoms with van der Waals surface area (Å²) >= 11 is 1.30. The first-order valence-corrected chi connectivity index (χ1v) is 13.1. The molecule has 2 unspecified atom stereocenters. The van der Waals surface area contributed by atoms with Gasteiger partial charge in [-0.25, -0.2) is 14.8 Å². The average Bonchev–Trinajstić information content (AvgIpc) is 3.34. The van der Waals surface area contributed by atoms with Crippen LogP contribution in [0.1, 0.15) is 11.4 Å². The normalized spacial score (nSPS) is 20.9. The minimum Gasteiger partial charge on any atom is -0.406 e. The number of rotatable bonds is 8. The molecule has 6 rings (SSSR count). The van der Waals surface area contributed by atoms with E-state index in [-0.39, 0.29) is 18.2 Å². The zero-order valence-corrected chi connectivity index (χ0v) is 20.9. The zero-order chi connectivity index (χ0) is 26.3. The van der Waals surface area contributed by atoms with Gasteiger partial charge in [-0.05, 0) is 47.6 Å². The van der Waals surface area contributed by atoms with Gasteiger partial charge in [0.25, 0.3) is 0 Å². The zero-order valence-electron chi connectivity index (χ0n) is 20.1. The number of carbonyl (C=O) groups is 1. The van der Waals surface area contributed by atoms with Crippen LogP contribution in [0.25, 0.3) is 11.0 Å². The maximum atomic E-state index is 13.0. The van der Waals surface area contributed by atoms with Crippen LogP contribution >= 0.6 is 11.3 Å². The molecule has 0 radical (unpaired) electrons. The van der Waals surface area contributed by atoms with Crippen molar-refractivity contribution in [2.45, 2.75) is 19.5 Å². The number of para-hydroxylation sites is 2. The van der Waals surface area contributed by atoms with E-state index in [4.69, 9.17) is 4.74 Å². The molecule has 2 aliphatic rings. The number of H-pyrrole nitrogens is 1. The highest BCUT2D eigenvalue weighted by atomic mass is 32.1. The van der Waals surface area contributed by atoms with Crippen molar-refractivity contribution >= 4 is 28.5 Å². The number of ether oxygens (including phenoxy) is 2. The molecule has 198 valence electrons. The summed E-state index contributed by atoms with van der Waals surface area (Å²) in [6.07, 6.45) is -5.37. The third-order valence-electron chi connectivity index (χ3n) is 7.06. The number of fused-ring (bicyclic) bond motifs is 2. The first-order chi connectivity index (χ1) is 18.3. The number of amides is 1. The third-order valence-corrected chi connectivity index (χ3v) is 7.62. The summed E-state index contributed by atoms with van der Waals surface area (Å²) in [6.45, 7) is 3.07. The third kappa shape index (κ3) is 5.60. The standard InChI is InChI=1S/C26H24F3N5O3S/c27-26(28,29)37-17-5-3-4-16(8-17)9-34(25(35)36-24-14-38-15-30-24)12-20-18-10-33(11-19(18)20)13-23-31-21-6-1-2-7-22(21)32-23/h1-8,14-15,18-20H,9-13H2,(H,31,32). The number of nitrogens with zero attached hydrogens (tertiary/aromatic N) is 4. The monoisotopic (exact) mass is 543 g/mol. The summed E-state index contributed by atoms with van der Waals surface area (Å²) in [7, 11) is 0. The van der Waals surface area contributed by atoms with Gasteiger partial charge in [-0.2, -0.15) is 0 Å². The number of hydrogen-bond donors (Lipinski definition) is 1. The molecule has 8 nitrogen and oxygen atoms in total. The Morgan fingerprint density at radius 2 is 1.97 bits per heavy atom. The van der Waals surface area contributed by atoms with Crippen molar-refractivity contribution < 1.29 is 27.4 Å². The summed E-state index contributed by atoms with van der Waals surface area (Å²) in [5, 5.41) is 1.62. The van der Waals surface area contributed by atoms with Crippen molar-refractivity contribution in [3.8, 4) is 11.6 Å². The summed E-state index contributed by atoms with van der Waals surface area (Å²) in [4.78, 5) is 29.0. The molecular formula is C26H24F3N5O3S. The lowest BCUT2D eigenvalue weighted by molar-refractivity contribution is -0.274. The molecule has 1 N–H and O–H groups in total. The Hall–Kier alpha value is -3.64. The fraction of sp³-hybridized carbons (Fsp3) is 0.346. The van der Waals surface area contributed by atoms with Crippen molar-refractivity contribution in [2.75, 3.05) is 19.6 Å². The van der Waals surface area contributed by atoms with Gasteiger partial charge >= 0.3 is 12.5 Å². The molecule has 1 aliphatic carbocycles. The highest BCUT2D eigenvalue weighted by Gasteiger charge is 2.56. The Morgan fingerprint density at radius 1 is 1.16 bits per heavy atom. The fourth-order valence-electron chi connectivity index (χ4n) is 5.35. The lowest BCUT2D eigenvalue weighted by atomic mass is 10.2. The molecule has 3 heterocycles. The largest absolute Gasteiger partial charge is 0.573 e. The van der Waals surface area contributed by atoms with E-state index in [1.807, 2.05) is 24.3 Å². The van der Waals surface area contributed by atoms with Gasteiger partial charge in [0.2, 0.25) is 5.88 Å². The summed E-state index contributed by atoms with van der Waals surface area (Å²) in [6, 6.07) is 13.6. The van der Waals surface area contributed by atoms with Crippen LogP contribution in [-0.2, 0) is 13.1 Å². The van der Waals surface area contributed by atoms with Crippen LogP contribution in [0.15, 0.2) is 59.4 Å². The van der Waals surface area contributed by atoms with Gasteiger partial charge in [0.05, 0.1) is 28.5 Å². The van der Waals surface area contributed by atoms with Gasteiger partial charge in [-0.15, -0.1) is 24.5 Å². The lowest BCUT2D eigenvalue weighted by Crippen LogP contribution is -2.36. The molecular weight excluding hydrogens is 519 g/mol. The topological polar surface area (TPSA) is 83.6 Å². The van der Waals surface area contributed by atoms with Crippen LogP contribution in [0, 0.1) is 17.8 Å². The minimum atomic E-state index is -4.79. The number of likely N-dealkylation sites (tertiary alicyclic amines) is 1. The Morgan fingerprint density at radius 3 is 2.71 bits per heavy atom. The minimum absolute atomic E-state index is 0.0939. The Balaban J connectivity index is 1.10. The smallest absolute Gasteiger partial charge is 0.406 e. The van der Waals surface area contributed by atoms with Crippen molar-refractivity contribution in [2.24, 2.45) is 17.8 Å². The van der Waals surface area contributed by atoms with Gasteiger partial charge in [-0.3, -0.25) is 4.90 Å². The van der Waals surface area contributed by atoms with Gasteiger partial charge in [0, 0.05) is 26.2 Å². The van der Waals surface area contributed by atoms with E-state index in [2.05, 4.69) is 24.6 Å². The van der Waals surface area contributed by atoms with Crippen LogP contribution in [0.3, 0.4) is 0 Å². The van der Waals surface area contributed by atoms with Crippen molar-refractivity contribution in [1.29, 1.82) is 0 Å². The predicted octanol–water partition coefficient (Wildman–Crippen LogP) is 5.30. The number of alkyl halides is 3. The second-order valence-electron chi connectivity index (χ2n) is 9.66. The van der Waals surface area contributed by atoms with E-state index in [0.29, 0.717) is 29.9 Å². The maximum absolute atomic E-state index is 13.0. The van der Waals surface area contributed by atoms with Crippen molar-refractivity contribution in [3.63, 3.8) is 0 Å². The van der Waals surface area contributed by atoms with E-state index in [9.17, 15) is 18.0 Å². The molecule has 4 aromatic rings. The molecule has 12 heteroatoms. The highest BCUT2D eigenvalue weighted by molar-refractivity contribution is 7.07. The van der Waals surface area contributed by atoms with Gasteiger partial charge in [0.15, 0.2) is 0 Å². The molecule has 1 aliphatic heterocycles. The molecule has 2 aromatic heterocycles. The molecule has 0 spiro atoms. The Labute approximate surface area is 220 Å². The molecule has 1 saturated carbocycles. The molecule has 0 bridgehead atoms. The van der Waals surface area contributed by atoms with E-state index < -0.39 is 12.5 Å². The summed E-state index contributed by atoms with van der Waals surface area (Å²) < 4.78 is 47.5. The van der Waals surface area contributed by atoms with Crippen LogP contribution in [0.5, 0.6) is 11.6 Å². The number of thiazole rings is 1. The number of piperidine rings is 1. The molecule has 1 amide bonds. The second kappa shape index (κ2) is 9.91. The Kier molecular flexibility index (Phi) is 6.44. The van der Waals surface area contributed by atoms with Gasteiger partial charge < -0.3 is 19.4 Å². The van der Waals surface area contributed by atoms with E-state index >= 15 is 0 Å².